The van der Waals surface area contributed by atoms with Gasteiger partial charge in [0.05, 0.1) is 6.10 Å². The number of halogens is 2. The number of amides is 1. The van der Waals surface area contributed by atoms with E-state index in [0.717, 1.165) is 29.3 Å². The molecule has 0 aromatic heterocycles. The van der Waals surface area contributed by atoms with E-state index in [1.165, 1.54) is 0 Å². The van der Waals surface area contributed by atoms with Crippen molar-refractivity contribution in [3.63, 3.8) is 0 Å². The highest BCUT2D eigenvalue weighted by Gasteiger charge is 2.36. The van der Waals surface area contributed by atoms with Crippen LogP contribution in [0.1, 0.15) is 25.7 Å². The van der Waals surface area contributed by atoms with Crippen molar-refractivity contribution in [2.45, 2.75) is 36.7 Å². The lowest BCUT2D eigenvalue weighted by Crippen LogP contribution is -2.47. The zero-order valence-electron chi connectivity index (χ0n) is 15.2. The van der Waals surface area contributed by atoms with E-state index in [9.17, 15) is 22.0 Å². The van der Waals surface area contributed by atoms with Gasteiger partial charge in [0.1, 0.15) is 16.5 Å². The molecule has 27 heavy (non-hydrogen) atoms. The van der Waals surface area contributed by atoms with Crippen molar-refractivity contribution in [2.75, 3.05) is 33.3 Å². The number of methoxy groups -OCH3 is 1. The number of carbonyl (C=O) groups excluding carboxylic acids is 1. The van der Waals surface area contributed by atoms with Crippen LogP contribution in [0.15, 0.2) is 23.1 Å². The molecule has 2 heterocycles. The standard InChI is InChI=1S/C18H24F2N2O4S/c1-26-15-6-8-21(9-7-15)18(23)13-4-10-22(11-5-13)27(24,25)17-12-14(19)2-3-16(17)20/h2-3,12-13,15H,4-11H2,1H3. The van der Waals surface area contributed by atoms with Gasteiger partial charge in [-0.05, 0) is 43.9 Å². The first kappa shape index (κ1) is 20.2. The average molecular weight is 402 g/mol. The second-order valence-electron chi connectivity index (χ2n) is 7.01. The molecule has 150 valence electrons. The van der Waals surface area contributed by atoms with Gasteiger partial charge in [0, 0.05) is 39.2 Å². The monoisotopic (exact) mass is 402 g/mol. The largest absolute Gasteiger partial charge is 0.381 e. The molecule has 0 atom stereocenters. The van der Waals surface area contributed by atoms with Crippen LogP contribution in [0.3, 0.4) is 0 Å². The fourth-order valence-electron chi connectivity index (χ4n) is 3.73. The van der Waals surface area contributed by atoms with Gasteiger partial charge < -0.3 is 9.64 Å². The Hall–Kier alpha value is -1.58. The second kappa shape index (κ2) is 8.20. The number of hydrogen-bond acceptors (Lipinski definition) is 4. The van der Waals surface area contributed by atoms with E-state index >= 15 is 0 Å². The number of rotatable bonds is 4. The maximum absolute atomic E-state index is 13.9. The smallest absolute Gasteiger partial charge is 0.246 e. The first-order valence-electron chi connectivity index (χ1n) is 9.09. The van der Waals surface area contributed by atoms with Crippen LogP contribution < -0.4 is 0 Å². The molecule has 2 saturated heterocycles. The van der Waals surface area contributed by atoms with E-state index in [-0.39, 0.29) is 31.0 Å². The van der Waals surface area contributed by atoms with Crippen LogP contribution in [-0.2, 0) is 19.6 Å². The molecule has 2 aliphatic heterocycles. The highest BCUT2D eigenvalue weighted by Crippen LogP contribution is 2.27. The molecule has 3 rings (SSSR count). The van der Waals surface area contributed by atoms with Crippen LogP contribution >= 0.6 is 0 Å². The SMILES string of the molecule is COC1CCN(C(=O)C2CCN(S(=O)(=O)c3cc(F)ccc3F)CC2)CC1. The number of piperidine rings is 2. The van der Waals surface area contributed by atoms with Crippen LogP contribution in [-0.4, -0.2) is 62.9 Å². The van der Waals surface area contributed by atoms with Crippen LogP contribution in [0, 0.1) is 17.6 Å². The molecule has 0 unspecified atom stereocenters. The fraction of sp³-hybridized carbons (Fsp3) is 0.611. The zero-order chi connectivity index (χ0) is 19.6. The Morgan fingerprint density at radius 3 is 2.30 bits per heavy atom. The van der Waals surface area contributed by atoms with E-state index in [2.05, 4.69) is 0 Å². The molecule has 0 radical (unpaired) electrons. The summed E-state index contributed by atoms with van der Waals surface area (Å²) in [5.74, 6) is -1.98. The summed E-state index contributed by atoms with van der Waals surface area (Å²) in [6.07, 6.45) is 2.53. The van der Waals surface area contributed by atoms with Crippen LogP contribution in [0.5, 0.6) is 0 Å². The topological polar surface area (TPSA) is 66.9 Å². The minimum atomic E-state index is -4.12. The maximum atomic E-state index is 13.9. The van der Waals surface area contributed by atoms with Crippen molar-refractivity contribution in [1.82, 2.24) is 9.21 Å². The summed E-state index contributed by atoms with van der Waals surface area (Å²) < 4.78 is 58.9. The van der Waals surface area contributed by atoms with Crippen molar-refractivity contribution in [3.05, 3.63) is 29.8 Å². The van der Waals surface area contributed by atoms with Gasteiger partial charge >= 0.3 is 0 Å². The van der Waals surface area contributed by atoms with Gasteiger partial charge in [-0.1, -0.05) is 0 Å². The average Bonchev–Trinajstić information content (AvgIpc) is 2.69. The van der Waals surface area contributed by atoms with Gasteiger partial charge in [-0.15, -0.1) is 0 Å². The van der Waals surface area contributed by atoms with Gasteiger partial charge in [0.15, 0.2) is 0 Å². The lowest BCUT2D eigenvalue weighted by atomic mass is 9.95. The Balaban J connectivity index is 1.61. The van der Waals surface area contributed by atoms with E-state index in [1.807, 2.05) is 4.90 Å². The van der Waals surface area contributed by atoms with Crippen molar-refractivity contribution in [3.8, 4) is 0 Å². The van der Waals surface area contributed by atoms with Crippen LogP contribution in [0.25, 0.3) is 0 Å². The lowest BCUT2D eigenvalue weighted by Gasteiger charge is -2.36. The van der Waals surface area contributed by atoms with E-state index in [4.69, 9.17) is 4.74 Å². The van der Waals surface area contributed by atoms with Gasteiger partial charge in [-0.2, -0.15) is 4.31 Å². The Labute approximate surface area is 158 Å². The van der Waals surface area contributed by atoms with Crippen LogP contribution in [0.4, 0.5) is 8.78 Å². The minimum absolute atomic E-state index is 0.0403. The molecule has 0 spiro atoms. The quantitative estimate of drug-likeness (QED) is 0.773. The third kappa shape index (κ3) is 4.30. The Bertz CT molecular complexity index is 787. The summed E-state index contributed by atoms with van der Waals surface area (Å²) >= 11 is 0. The molecular weight excluding hydrogens is 378 g/mol. The molecule has 0 N–H and O–H groups in total. The predicted molar refractivity (Wildman–Crippen MR) is 94.5 cm³/mol. The summed E-state index contributed by atoms with van der Waals surface area (Å²) in [4.78, 5) is 13.8. The third-order valence-corrected chi connectivity index (χ3v) is 7.31. The maximum Gasteiger partial charge on any atom is 0.246 e. The fourth-order valence-corrected chi connectivity index (χ4v) is 5.27. The van der Waals surface area contributed by atoms with Crippen molar-refractivity contribution in [2.24, 2.45) is 5.92 Å². The van der Waals surface area contributed by atoms with Crippen LogP contribution in [0.2, 0.25) is 0 Å². The Morgan fingerprint density at radius 2 is 1.70 bits per heavy atom. The molecule has 1 amide bonds. The highest BCUT2D eigenvalue weighted by molar-refractivity contribution is 7.89. The number of hydrogen-bond donors (Lipinski definition) is 0. The van der Waals surface area contributed by atoms with Crippen molar-refractivity contribution in [1.29, 1.82) is 0 Å². The molecule has 1 aromatic carbocycles. The Morgan fingerprint density at radius 1 is 1.07 bits per heavy atom. The summed E-state index contributed by atoms with van der Waals surface area (Å²) in [7, 11) is -2.46. The summed E-state index contributed by atoms with van der Waals surface area (Å²) in [6.45, 7) is 1.52. The minimum Gasteiger partial charge on any atom is -0.381 e. The zero-order valence-corrected chi connectivity index (χ0v) is 16.1. The molecule has 6 nitrogen and oxygen atoms in total. The van der Waals surface area contributed by atoms with E-state index < -0.39 is 26.6 Å². The molecule has 0 aliphatic carbocycles. The third-order valence-electron chi connectivity index (χ3n) is 5.40. The van der Waals surface area contributed by atoms with Gasteiger partial charge in [-0.3, -0.25) is 4.79 Å². The van der Waals surface area contributed by atoms with E-state index in [0.29, 0.717) is 32.0 Å². The first-order chi connectivity index (χ1) is 12.8. The number of carbonyl (C=O) groups is 1. The number of likely N-dealkylation sites (tertiary alicyclic amines) is 1. The number of sulfonamides is 1. The number of benzene rings is 1. The van der Waals surface area contributed by atoms with Gasteiger partial charge in [-0.25, -0.2) is 17.2 Å². The van der Waals surface area contributed by atoms with Gasteiger partial charge in [0.25, 0.3) is 0 Å². The normalized spacial score (nSPS) is 20.8. The lowest BCUT2D eigenvalue weighted by molar-refractivity contribution is -0.139. The summed E-state index contributed by atoms with van der Waals surface area (Å²) in [6, 6.07) is 2.38. The summed E-state index contributed by atoms with van der Waals surface area (Å²) in [5.41, 5.74) is 0. The second-order valence-corrected chi connectivity index (χ2v) is 8.92. The molecule has 2 aliphatic rings. The Kier molecular flexibility index (Phi) is 6.12. The molecule has 0 bridgehead atoms. The molecule has 9 heteroatoms. The molecular formula is C18H24F2N2O4S. The predicted octanol–water partition coefficient (Wildman–Crippen LogP) is 2.00. The van der Waals surface area contributed by atoms with Gasteiger partial charge in [0.2, 0.25) is 15.9 Å². The molecule has 1 aromatic rings. The summed E-state index contributed by atoms with van der Waals surface area (Å²) in [5, 5.41) is 0. The highest BCUT2D eigenvalue weighted by atomic mass is 32.2. The number of nitrogens with zero attached hydrogens (tertiary/aromatic N) is 2. The number of ether oxygens (including phenoxy) is 1. The van der Waals surface area contributed by atoms with Crippen molar-refractivity contribution < 1.29 is 26.7 Å². The van der Waals surface area contributed by atoms with Crippen molar-refractivity contribution >= 4 is 15.9 Å². The molecule has 0 saturated carbocycles. The molecule has 2 fully saturated rings. The first-order valence-corrected chi connectivity index (χ1v) is 10.5. The van der Waals surface area contributed by atoms with E-state index in [1.54, 1.807) is 7.11 Å².